The lowest BCUT2D eigenvalue weighted by atomic mass is 10.2. The van der Waals surface area contributed by atoms with Gasteiger partial charge in [0.25, 0.3) is 0 Å². The second kappa shape index (κ2) is 7.58. The number of carboxylic acid groups (broad SMARTS) is 1. The summed E-state index contributed by atoms with van der Waals surface area (Å²) in [6.07, 6.45) is 0. The third kappa shape index (κ3) is 4.42. The normalized spacial score (nSPS) is 9.90. The molecule has 0 unspecified atom stereocenters. The van der Waals surface area contributed by atoms with Crippen molar-refractivity contribution in [1.29, 1.82) is 0 Å². The van der Waals surface area contributed by atoms with Crippen molar-refractivity contribution in [3.8, 4) is 11.5 Å². The molecule has 2 N–H and O–H groups in total. The van der Waals surface area contributed by atoms with Gasteiger partial charge in [-0.3, -0.25) is 4.79 Å². The summed E-state index contributed by atoms with van der Waals surface area (Å²) in [6, 6.07) is 2.45. The van der Waals surface area contributed by atoms with Gasteiger partial charge in [-0.2, -0.15) is 0 Å². The molecule has 0 saturated heterocycles. The van der Waals surface area contributed by atoms with Gasteiger partial charge >= 0.3 is 12.0 Å². The molecule has 1 aromatic rings. The number of nitrogens with one attached hydrogen (secondary N) is 1. The number of carbonyl (C=O) groups is 2. The van der Waals surface area contributed by atoms with Crippen LogP contribution in [0.3, 0.4) is 0 Å². The largest absolute Gasteiger partial charge is 0.495 e. The molecule has 21 heavy (non-hydrogen) atoms. The number of likely N-dealkylation sites (N-methyl/N-ethyl adjacent to an activating group) is 1. The molecule has 7 nitrogen and oxygen atoms in total. The number of rotatable bonds is 6. The maximum atomic E-state index is 12.0. The van der Waals surface area contributed by atoms with Crippen molar-refractivity contribution in [3.63, 3.8) is 0 Å². The van der Waals surface area contributed by atoms with Crippen molar-refractivity contribution in [2.75, 3.05) is 32.6 Å². The number of halogens is 1. The Morgan fingerprint density at radius 3 is 2.38 bits per heavy atom. The summed E-state index contributed by atoms with van der Waals surface area (Å²) in [6.45, 7) is 1.54. The third-order valence-corrected chi connectivity index (χ3v) is 3.01. The number of carboxylic acids is 1. The van der Waals surface area contributed by atoms with Gasteiger partial charge in [0, 0.05) is 12.6 Å². The average molecular weight is 317 g/mol. The molecular formula is C13H17ClN2O5. The summed E-state index contributed by atoms with van der Waals surface area (Å²) >= 11 is 6.00. The van der Waals surface area contributed by atoms with Gasteiger partial charge in [0.15, 0.2) is 0 Å². The Balaban J connectivity index is 2.98. The maximum Gasteiger partial charge on any atom is 0.323 e. The molecule has 1 rings (SSSR count). The Morgan fingerprint density at radius 2 is 1.90 bits per heavy atom. The number of carbonyl (C=O) groups excluding carboxylic acids is 1. The lowest BCUT2D eigenvalue weighted by molar-refractivity contribution is -0.137. The second-order valence-electron chi connectivity index (χ2n) is 4.03. The maximum absolute atomic E-state index is 12.0. The van der Waals surface area contributed by atoms with E-state index in [1.54, 1.807) is 6.92 Å². The molecule has 0 aromatic heterocycles. The van der Waals surface area contributed by atoms with Crippen molar-refractivity contribution in [3.05, 3.63) is 17.2 Å². The van der Waals surface area contributed by atoms with Crippen LogP contribution in [-0.2, 0) is 4.79 Å². The van der Waals surface area contributed by atoms with E-state index in [0.717, 1.165) is 4.90 Å². The summed E-state index contributed by atoms with van der Waals surface area (Å²) in [5, 5.41) is 11.6. The van der Waals surface area contributed by atoms with Crippen molar-refractivity contribution in [1.82, 2.24) is 4.90 Å². The van der Waals surface area contributed by atoms with Crippen molar-refractivity contribution >= 4 is 29.3 Å². The first-order valence-corrected chi connectivity index (χ1v) is 6.49. The quantitative estimate of drug-likeness (QED) is 0.840. The summed E-state index contributed by atoms with van der Waals surface area (Å²) in [7, 11) is 2.90. The molecule has 0 fully saturated rings. The predicted octanol–water partition coefficient (Wildman–Crippen LogP) is 2.30. The smallest absolute Gasteiger partial charge is 0.323 e. The fraction of sp³-hybridized carbons (Fsp3) is 0.385. The highest BCUT2D eigenvalue weighted by Crippen LogP contribution is 2.35. The predicted molar refractivity (Wildman–Crippen MR) is 78.5 cm³/mol. The van der Waals surface area contributed by atoms with E-state index >= 15 is 0 Å². The number of nitrogens with zero attached hydrogens (tertiary/aromatic N) is 1. The summed E-state index contributed by atoms with van der Waals surface area (Å²) in [5.41, 5.74) is 0.331. The molecule has 0 heterocycles. The minimum absolute atomic E-state index is 0.254. The Morgan fingerprint density at radius 1 is 1.29 bits per heavy atom. The van der Waals surface area contributed by atoms with Crippen LogP contribution in [0.5, 0.6) is 11.5 Å². The number of hydrogen-bond donors (Lipinski definition) is 2. The lowest BCUT2D eigenvalue weighted by Crippen LogP contribution is -2.38. The summed E-state index contributed by atoms with van der Waals surface area (Å²) < 4.78 is 10.2. The van der Waals surface area contributed by atoms with Gasteiger partial charge in [-0.1, -0.05) is 11.6 Å². The molecule has 0 aliphatic carbocycles. The first-order valence-electron chi connectivity index (χ1n) is 6.12. The molecule has 0 spiro atoms. The van der Waals surface area contributed by atoms with Gasteiger partial charge in [-0.15, -0.1) is 0 Å². The van der Waals surface area contributed by atoms with Crippen molar-refractivity contribution in [2.24, 2.45) is 0 Å². The van der Waals surface area contributed by atoms with Gasteiger partial charge in [-0.25, -0.2) is 4.79 Å². The minimum atomic E-state index is -1.09. The minimum Gasteiger partial charge on any atom is -0.495 e. The zero-order valence-corrected chi connectivity index (χ0v) is 12.7. The van der Waals surface area contributed by atoms with E-state index in [0.29, 0.717) is 22.2 Å². The fourth-order valence-corrected chi connectivity index (χ4v) is 1.88. The van der Waals surface area contributed by atoms with E-state index in [-0.39, 0.29) is 6.54 Å². The van der Waals surface area contributed by atoms with E-state index in [1.807, 2.05) is 0 Å². The lowest BCUT2D eigenvalue weighted by Gasteiger charge is -2.20. The SMILES string of the molecule is CCN(CC(=O)O)C(=O)Nc1cc(Cl)c(OC)cc1OC. The van der Waals surface area contributed by atoms with Gasteiger partial charge in [0.05, 0.1) is 24.9 Å². The molecule has 116 valence electrons. The van der Waals surface area contributed by atoms with Gasteiger partial charge in [0.2, 0.25) is 0 Å². The Labute approximate surface area is 127 Å². The van der Waals surface area contributed by atoms with Crippen LogP contribution in [-0.4, -0.2) is 49.3 Å². The fourth-order valence-electron chi connectivity index (χ4n) is 1.64. The number of urea groups is 1. The van der Waals surface area contributed by atoms with Crippen LogP contribution in [0.4, 0.5) is 10.5 Å². The van der Waals surface area contributed by atoms with Crippen LogP contribution in [0.2, 0.25) is 5.02 Å². The van der Waals surface area contributed by atoms with Gasteiger partial charge in [-0.05, 0) is 13.0 Å². The number of ether oxygens (including phenoxy) is 2. The molecule has 0 atom stereocenters. The van der Waals surface area contributed by atoms with Gasteiger partial charge < -0.3 is 24.8 Å². The highest BCUT2D eigenvalue weighted by Gasteiger charge is 2.18. The molecule has 0 saturated carbocycles. The molecule has 1 aromatic carbocycles. The highest BCUT2D eigenvalue weighted by molar-refractivity contribution is 6.32. The molecule has 0 aliphatic heterocycles. The Bertz CT molecular complexity index is 536. The highest BCUT2D eigenvalue weighted by atomic mass is 35.5. The Kier molecular flexibility index (Phi) is 6.10. The zero-order valence-electron chi connectivity index (χ0n) is 12.0. The first kappa shape index (κ1) is 16.9. The Hall–Kier alpha value is -2.15. The van der Waals surface area contributed by atoms with E-state index in [1.165, 1.54) is 26.4 Å². The topological polar surface area (TPSA) is 88.1 Å². The number of methoxy groups -OCH3 is 2. The number of aliphatic carboxylic acids is 1. The monoisotopic (exact) mass is 316 g/mol. The number of anilines is 1. The number of hydrogen-bond acceptors (Lipinski definition) is 4. The number of amides is 2. The molecule has 0 bridgehead atoms. The molecule has 2 amide bonds. The molecule has 0 radical (unpaired) electrons. The van der Waals surface area contributed by atoms with E-state index in [4.69, 9.17) is 26.2 Å². The van der Waals surface area contributed by atoms with Crippen LogP contribution < -0.4 is 14.8 Å². The number of benzene rings is 1. The first-order chi connectivity index (χ1) is 9.92. The van der Waals surface area contributed by atoms with Crippen molar-refractivity contribution in [2.45, 2.75) is 6.92 Å². The average Bonchev–Trinajstić information content (AvgIpc) is 2.44. The molecular weight excluding hydrogens is 300 g/mol. The van der Waals surface area contributed by atoms with Crippen LogP contribution in [0.25, 0.3) is 0 Å². The van der Waals surface area contributed by atoms with Gasteiger partial charge in [0.1, 0.15) is 18.0 Å². The van der Waals surface area contributed by atoms with E-state index < -0.39 is 18.5 Å². The van der Waals surface area contributed by atoms with Crippen LogP contribution in [0, 0.1) is 0 Å². The molecule has 8 heteroatoms. The summed E-state index contributed by atoms with van der Waals surface area (Å²) in [5.74, 6) is -0.327. The van der Waals surface area contributed by atoms with E-state index in [2.05, 4.69) is 5.32 Å². The zero-order chi connectivity index (χ0) is 16.0. The summed E-state index contributed by atoms with van der Waals surface area (Å²) in [4.78, 5) is 23.9. The third-order valence-electron chi connectivity index (χ3n) is 2.71. The standard InChI is InChI=1S/C13H17ClN2O5/c1-4-16(7-12(17)18)13(19)15-9-5-8(14)10(20-2)6-11(9)21-3/h5-6H,4,7H2,1-3H3,(H,15,19)(H,17,18). The van der Waals surface area contributed by atoms with Crippen LogP contribution in [0.15, 0.2) is 12.1 Å². The second-order valence-corrected chi connectivity index (χ2v) is 4.43. The van der Waals surface area contributed by atoms with Crippen LogP contribution >= 0.6 is 11.6 Å². The molecule has 0 aliphatic rings. The van der Waals surface area contributed by atoms with Crippen molar-refractivity contribution < 1.29 is 24.2 Å². The van der Waals surface area contributed by atoms with Crippen LogP contribution in [0.1, 0.15) is 6.92 Å². The van der Waals surface area contributed by atoms with E-state index in [9.17, 15) is 9.59 Å².